The fourth-order valence-corrected chi connectivity index (χ4v) is 3.52. The molecule has 1 aliphatic rings. The standard InChI is InChI=1S/C23H17N3O4S/c1-13-4-2-3-5-16(13)22-25-17-11-15(7-9-18(17)30-22)24-23(31)26-21(27)14-6-8-19-20(10-14)29-12-28-19/h2-11H,12H2,1H3,(H2,24,26,27,31). The normalized spacial score (nSPS) is 12.0. The number of oxazole rings is 1. The molecule has 1 aliphatic heterocycles. The molecule has 2 heterocycles. The lowest BCUT2D eigenvalue weighted by atomic mass is 10.1. The molecule has 3 aromatic carbocycles. The molecule has 5 rings (SSSR count). The Labute approximate surface area is 183 Å². The van der Waals surface area contributed by atoms with Gasteiger partial charge in [-0.1, -0.05) is 18.2 Å². The highest BCUT2D eigenvalue weighted by molar-refractivity contribution is 7.80. The van der Waals surface area contributed by atoms with Crippen molar-refractivity contribution >= 4 is 40.0 Å². The summed E-state index contributed by atoms with van der Waals surface area (Å²) < 4.78 is 16.5. The van der Waals surface area contributed by atoms with Crippen molar-refractivity contribution < 1.29 is 18.7 Å². The average molecular weight is 431 g/mol. The predicted molar refractivity (Wildman–Crippen MR) is 120 cm³/mol. The summed E-state index contributed by atoms with van der Waals surface area (Å²) in [5, 5.41) is 5.84. The van der Waals surface area contributed by atoms with Gasteiger partial charge in [-0.25, -0.2) is 4.98 Å². The van der Waals surface area contributed by atoms with Crippen molar-refractivity contribution in [3.05, 3.63) is 71.8 Å². The summed E-state index contributed by atoms with van der Waals surface area (Å²) in [5.74, 6) is 1.36. The van der Waals surface area contributed by atoms with Gasteiger partial charge in [0, 0.05) is 16.8 Å². The molecule has 31 heavy (non-hydrogen) atoms. The van der Waals surface area contributed by atoms with E-state index in [1.54, 1.807) is 18.2 Å². The summed E-state index contributed by atoms with van der Waals surface area (Å²) in [7, 11) is 0. The van der Waals surface area contributed by atoms with Crippen LogP contribution in [-0.4, -0.2) is 22.8 Å². The summed E-state index contributed by atoms with van der Waals surface area (Å²) in [5.41, 5.74) is 4.49. The lowest BCUT2D eigenvalue weighted by Crippen LogP contribution is -2.34. The van der Waals surface area contributed by atoms with Crippen molar-refractivity contribution in [1.82, 2.24) is 10.3 Å². The van der Waals surface area contributed by atoms with Gasteiger partial charge >= 0.3 is 0 Å². The number of aryl methyl sites for hydroxylation is 1. The Morgan fingerprint density at radius 1 is 1.03 bits per heavy atom. The Morgan fingerprint density at radius 2 is 1.87 bits per heavy atom. The largest absolute Gasteiger partial charge is 0.454 e. The lowest BCUT2D eigenvalue weighted by molar-refractivity contribution is 0.0977. The minimum atomic E-state index is -0.347. The number of rotatable bonds is 3. The van der Waals surface area contributed by atoms with E-state index in [1.807, 2.05) is 49.4 Å². The second-order valence-electron chi connectivity index (χ2n) is 6.99. The Balaban J connectivity index is 1.30. The Morgan fingerprint density at radius 3 is 2.74 bits per heavy atom. The number of anilines is 1. The zero-order valence-corrected chi connectivity index (χ0v) is 17.3. The quantitative estimate of drug-likeness (QED) is 0.456. The van der Waals surface area contributed by atoms with Crippen molar-refractivity contribution in [3.8, 4) is 23.0 Å². The van der Waals surface area contributed by atoms with Crippen LogP contribution in [0.4, 0.5) is 5.69 Å². The van der Waals surface area contributed by atoms with Crippen LogP contribution >= 0.6 is 12.2 Å². The summed E-state index contributed by atoms with van der Waals surface area (Å²) >= 11 is 5.29. The minimum absolute atomic E-state index is 0.149. The number of carbonyl (C=O) groups is 1. The van der Waals surface area contributed by atoms with Crippen molar-refractivity contribution in [2.75, 3.05) is 12.1 Å². The first-order valence-corrected chi connectivity index (χ1v) is 9.96. The van der Waals surface area contributed by atoms with Gasteiger partial charge in [-0.2, -0.15) is 0 Å². The van der Waals surface area contributed by atoms with Crippen LogP contribution in [0.3, 0.4) is 0 Å². The summed E-state index contributed by atoms with van der Waals surface area (Å²) in [6.07, 6.45) is 0. The predicted octanol–water partition coefficient (Wildman–Crippen LogP) is 4.66. The number of benzene rings is 3. The highest BCUT2D eigenvalue weighted by Crippen LogP contribution is 2.32. The summed E-state index contributed by atoms with van der Waals surface area (Å²) in [6, 6.07) is 18.3. The number of thiocarbonyl (C=S) groups is 1. The molecule has 1 aromatic heterocycles. The molecule has 0 spiro atoms. The van der Waals surface area contributed by atoms with Gasteiger partial charge in [0.15, 0.2) is 22.2 Å². The molecule has 2 N–H and O–H groups in total. The first-order chi connectivity index (χ1) is 15.1. The van der Waals surface area contributed by atoms with Crippen molar-refractivity contribution in [2.24, 2.45) is 0 Å². The molecule has 4 aromatic rings. The third kappa shape index (κ3) is 3.80. The fourth-order valence-electron chi connectivity index (χ4n) is 3.31. The monoisotopic (exact) mass is 431 g/mol. The maximum absolute atomic E-state index is 12.5. The molecule has 0 saturated carbocycles. The summed E-state index contributed by atoms with van der Waals surface area (Å²) in [4.78, 5) is 17.1. The van der Waals surface area contributed by atoms with E-state index in [-0.39, 0.29) is 17.8 Å². The zero-order valence-electron chi connectivity index (χ0n) is 16.5. The lowest BCUT2D eigenvalue weighted by Gasteiger charge is -2.09. The highest BCUT2D eigenvalue weighted by atomic mass is 32.1. The first kappa shape index (κ1) is 19.1. The maximum atomic E-state index is 12.5. The van der Waals surface area contributed by atoms with Gasteiger partial charge in [0.25, 0.3) is 5.91 Å². The zero-order chi connectivity index (χ0) is 21.4. The van der Waals surface area contributed by atoms with Crippen LogP contribution < -0.4 is 20.1 Å². The van der Waals surface area contributed by atoms with E-state index in [2.05, 4.69) is 15.6 Å². The molecule has 8 heteroatoms. The van der Waals surface area contributed by atoms with E-state index in [0.717, 1.165) is 11.1 Å². The van der Waals surface area contributed by atoms with Crippen LogP contribution in [0.5, 0.6) is 11.5 Å². The molecule has 7 nitrogen and oxygen atoms in total. The van der Waals surface area contributed by atoms with Crippen LogP contribution in [0.25, 0.3) is 22.6 Å². The Kier molecular flexibility index (Phi) is 4.76. The van der Waals surface area contributed by atoms with Crippen LogP contribution in [0.1, 0.15) is 15.9 Å². The van der Waals surface area contributed by atoms with Crippen LogP contribution in [0.2, 0.25) is 0 Å². The van der Waals surface area contributed by atoms with Crippen LogP contribution in [0, 0.1) is 6.92 Å². The number of aromatic nitrogens is 1. The van der Waals surface area contributed by atoms with E-state index in [4.69, 9.17) is 26.1 Å². The van der Waals surface area contributed by atoms with Gasteiger partial charge in [-0.3, -0.25) is 10.1 Å². The summed E-state index contributed by atoms with van der Waals surface area (Å²) in [6.45, 7) is 2.16. The van der Waals surface area contributed by atoms with Crippen molar-refractivity contribution in [3.63, 3.8) is 0 Å². The van der Waals surface area contributed by atoms with E-state index in [0.29, 0.717) is 39.7 Å². The number of hydrogen-bond acceptors (Lipinski definition) is 6. The number of ether oxygens (including phenoxy) is 2. The van der Waals surface area contributed by atoms with Crippen molar-refractivity contribution in [2.45, 2.75) is 6.92 Å². The number of amides is 1. The van der Waals surface area contributed by atoms with Gasteiger partial charge in [0.2, 0.25) is 12.7 Å². The molecule has 0 saturated heterocycles. The Hall–Kier alpha value is -3.91. The SMILES string of the molecule is Cc1ccccc1-c1nc2cc(NC(=S)NC(=O)c3ccc4c(c3)OCO4)ccc2o1. The van der Waals surface area contributed by atoms with Gasteiger partial charge in [-0.05, 0) is 67.2 Å². The highest BCUT2D eigenvalue weighted by Gasteiger charge is 2.17. The first-order valence-electron chi connectivity index (χ1n) is 9.55. The fraction of sp³-hybridized carbons (Fsp3) is 0.0870. The van der Waals surface area contributed by atoms with Crippen LogP contribution in [-0.2, 0) is 0 Å². The third-order valence-corrected chi connectivity index (χ3v) is 5.09. The molecule has 0 unspecified atom stereocenters. The maximum Gasteiger partial charge on any atom is 0.257 e. The average Bonchev–Trinajstić information content (AvgIpc) is 3.39. The second kappa shape index (κ2) is 7.73. The van der Waals surface area contributed by atoms with E-state index in [9.17, 15) is 4.79 Å². The van der Waals surface area contributed by atoms with Gasteiger partial charge in [0.05, 0.1) is 0 Å². The number of carbonyl (C=O) groups excluding carboxylic acids is 1. The molecule has 0 aliphatic carbocycles. The molecule has 0 fully saturated rings. The molecule has 0 atom stereocenters. The molecule has 1 amide bonds. The second-order valence-corrected chi connectivity index (χ2v) is 7.40. The molecular formula is C23H17N3O4S. The number of hydrogen-bond donors (Lipinski definition) is 2. The minimum Gasteiger partial charge on any atom is -0.454 e. The number of fused-ring (bicyclic) bond motifs is 2. The third-order valence-electron chi connectivity index (χ3n) is 4.88. The molecule has 0 radical (unpaired) electrons. The molecular weight excluding hydrogens is 414 g/mol. The van der Waals surface area contributed by atoms with Crippen molar-refractivity contribution in [1.29, 1.82) is 0 Å². The van der Waals surface area contributed by atoms with Gasteiger partial charge in [0.1, 0.15) is 5.52 Å². The van der Waals surface area contributed by atoms with Gasteiger partial charge < -0.3 is 19.2 Å². The Bertz CT molecular complexity index is 1330. The van der Waals surface area contributed by atoms with Crippen LogP contribution in [0.15, 0.2) is 65.1 Å². The number of nitrogens with zero attached hydrogens (tertiary/aromatic N) is 1. The molecule has 154 valence electrons. The number of nitrogens with one attached hydrogen (secondary N) is 2. The van der Waals surface area contributed by atoms with E-state index < -0.39 is 0 Å². The van der Waals surface area contributed by atoms with E-state index >= 15 is 0 Å². The topological polar surface area (TPSA) is 85.6 Å². The molecule has 0 bridgehead atoms. The van der Waals surface area contributed by atoms with E-state index in [1.165, 1.54) is 0 Å². The smallest absolute Gasteiger partial charge is 0.257 e. The van der Waals surface area contributed by atoms with Gasteiger partial charge in [-0.15, -0.1) is 0 Å².